The summed E-state index contributed by atoms with van der Waals surface area (Å²) in [5.41, 5.74) is 7.43. The second kappa shape index (κ2) is 20.4. The molecule has 7 aromatic rings. The summed E-state index contributed by atoms with van der Waals surface area (Å²) in [5.74, 6) is 0.162. The number of carbonyl (C=O) groups excluding carboxylic acids is 3. The van der Waals surface area contributed by atoms with E-state index >= 15 is 0 Å². The number of likely N-dealkylation sites (tertiary alicyclic amines) is 2. The number of esters is 1. The molecule has 0 spiro atoms. The summed E-state index contributed by atoms with van der Waals surface area (Å²) in [7, 11) is 1.36. The highest BCUT2D eigenvalue weighted by Crippen LogP contribution is 2.45. The van der Waals surface area contributed by atoms with Crippen LogP contribution >= 0.6 is 0 Å². The van der Waals surface area contributed by atoms with Gasteiger partial charge in [-0.1, -0.05) is 187 Å². The molecule has 0 unspecified atom stereocenters. The fraction of sp³-hybridized carbons (Fsp3) is 0.218. The molecule has 6 aromatic carbocycles. The van der Waals surface area contributed by atoms with Gasteiger partial charge in [0.25, 0.3) is 0 Å². The summed E-state index contributed by atoms with van der Waals surface area (Å²) in [6.07, 6.45) is 5.41. The van der Waals surface area contributed by atoms with Crippen LogP contribution in [0.1, 0.15) is 64.8 Å². The minimum absolute atomic E-state index is 0.105. The van der Waals surface area contributed by atoms with Crippen molar-refractivity contribution in [1.82, 2.24) is 24.8 Å². The SMILES string of the molecule is COC(=O)CCn1cc(/C=C2\CN(C(c3ccccc3)(c3ccccc3)c3ccccc3)CCC2=O)nn1.O=C1CCN(C(c2ccccc2)(c2ccccc2)c2ccccc2)CC1. The lowest BCUT2D eigenvalue weighted by Gasteiger charge is -2.47. The molecule has 2 saturated heterocycles. The first-order valence-electron chi connectivity index (χ1n) is 22.0. The zero-order chi connectivity index (χ0) is 44.2. The molecular formula is C55H53N5O4. The van der Waals surface area contributed by atoms with Gasteiger partial charge in [0.1, 0.15) is 11.5 Å². The van der Waals surface area contributed by atoms with E-state index in [-0.39, 0.29) is 23.7 Å². The Bertz CT molecular complexity index is 2430. The largest absolute Gasteiger partial charge is 0.469 e. The molecule has 9 heteroatoms. The number of ketones is 2. The van der Waals surface area contributed by atoms with E-state index in [1.807, 2.05) is 24.3 Å². The van der Waals surface area contributed by atoms with Gasteiger partial charge in [-0.2, -0.15) is 0 Å². The molecule has 2 aliphatic heterocycles. The number of benzene rings is 6. The fourth-order valence-corrected chi connectivity index (χ4v) is 9.42. The molecule has 0 radical (unpaired) electrons. The Hall–Kier alpha value is -7.07. The molecule has 3 heterocycles. The Kier molecular flexibility index (Phi) is 13.9. The number of nitrogens with zero attached hydrogens (tertiary/aromatic N) is 5. The summed E-state index contributed by atoms with van der Waals surface area (Å²) in [4.78, 5) is 41.4. The number of hydrogen-bond donors (Lipinski definition) is 0. The molecule has 9 rings (SSSR count). The number of aromatic nitrogens is 3. The molecule has 2 aliphatic rings. The summed E-state index contributed by atoms with van der Waals surface area (Å²) >= 11 is 0. The van der Waals surface area contributed by atoms with Gasteiger partial charge in [0, 0.05) is 51.0 Å². The first-order valence-corrected chi connectivity index (χ1v) is 22.0. The first kappa shape index (κ1) is 43.6. The molecule has 0 atom stereocenters. The number of carbonyl (C=O) groups is 3. The zero-order valence-corrected chi connectivity index (χ0v) is 36.2. The van der Waals surface area contributed by atoms with E-state index in [1.54, 1.807) is 10.9 Å². The Morgan fingerprint density at radius 1 is 0.562 bits per heavy atom. The van der Waals surface area contributed by atoms with Crippen LogP contribution in [0.4, 0.5) is 0 Å². The lowest BCUT2D eigenvalue weighted by Crippen LogP contribution is -2.52. The van der Waals surface area contributed by atoms with Gasteiger partial charge in [-0.3, -0.25) is 28.9 Å². The van der Waals surface area contributed by atoms with Gasteiger partial charge in [-0.15, -0.1) is 5.10 Å². The number of piperidine rings is 2. The molecule has 0 aliphatic carbocycles. The van der Waals surface area contributed by atoms with Crippen LogP contribution in [0.2, 0.25) is 0 Å². The predicted octanol–water partition coefficient (Wildman–Crippen LogP) is 9.13. The molecule has 64 heavy (non-hydrogen) atoms. The summed E-state index contributed by atoms with van der Waals surface area (Å²) in [6, 6.07) is 63.4. The molecule has 0 amide bonds. The third-order valence-corrected chi connectivity index (χ3v) is 12.4. The number of Topliss-reactive ketones (excluding diaryl/α,β-unsaturated/α-hetero) is 2. The Labute approximate surface area is 375 Å². The van der Waals surface area contributed by atoms with Gasteiger partial charge in [0.2, 0.25) is 0 Å². The van der Waals surface area contributed by atoms with Gasteiger partial charge >= 0.3 is 5.97 Å². The normalized spacial score (nSPS) is 15.6. The van der Waals surface area contributed by atoms with E-state index in [9.17, 15) is 14.4 Å². The van der Waals surface area contributed by atoms with Crippen molar-refractivity contribution in [2.24, 2.45) is 0 Å². The lowest BCUT2D eigenvalue weighted by atomic mass is 9.74. The molecule has 9 nitrogen and oxygen atoms in total. The second-order valence-electron chi connectivity index (χ2n) is 16.1. The number of methoxy groups -OCH3 is 1. The predicted molar refractivity (Wildman–Crippen MR) is 250 cm³/mol. The first-order chi connectivity index (χ1) is 31.4. The molecule has 2 fully saturated rings. The maximum Gasteiger partial charge on any atom is 0.307 e. The molecule has 1 aromatic heterocycles. The Balaban J connectivity index is 0.000000188. The van der Waals surface area contributed by atoms with Crippen LogP contribution in [0.15, 0.2) is 194 Å². The van der Waals surface area contributed by atoms with Crippen LogP contribution in [-0.4, -0.2) is 75.6 Å². The van der Waals surface area contributed by atoms with E-state index in [4.69, 9.17) is 4.74 Å². The summed E-state index contributed by atoms with van der Waals surface area (Å²) < 4.78 is 6.30. The van der Waals surface area contributed by atoms with E-state index < -0.39 is 5.54 Å². The van der Waals surface area contributed by atoms with Crippen molar-refractivity contribution in [3.05, 3.63) is 233 Å². The van der Waals surface area contributed by atoms with Crippen molar-refractivity contribution in [2.45, 2.75) is 43.3 Å². The Morgan fingerprint density at radius 3 is 1.33 bits per heavy atom. The quantitative estimate of drug-likeness (QED) is 0.0683. The van der Waals surface area contributed by atoms with Crippen molar-refractivity contribution >= 4 is 23.6 Å². The van der Waals surface area contributed by atoms with Crippen LogP contribution in [0.3, 0.4) is 0 Å². The van der Waals surface area contributed by atoms with Crippen molar-refractivity contribution in [3.63, 3.8) is 0 Å². The fourth-order valence-electron chi connectivity index (χ4n) is 9.42. The third-order valence-electron chi connectivity index (χ3n) is 12.4. The highest BCUT2D eigenvalue weighted by Gasteiger charge is 2.45. The molecule has 322 valence electrons. The van der Waals surface area contributed by atoms with E-state index in [0.717, 1.165) is 29.8 Å². The van der Waals surface area contributed by atoms with Gasteiger partial charge < -0.3 is 4.74 Å². The van der Waals surface area contributed by atoms with Crippen LogP contribution in [0.25, 0.3) is 6.08 Å². The monoisotopic (exact) mass is 847 g/mol. The smallest absolute Gasteiger partial charge is 0.307 e. The zero-order valence-electron chi connectivity index (χ0n) is 36.2. The van der Waals surface area contributed by atoms with Gasteiger partial charge in [0.15, 0.2) is 5.78 Å². The maximum atomic E-state index is 13.1. The van der Waals surface area contributed by atoms with E-state index in [1.165, 1.54) is 23.8 Å². The average molecular weight is 848 g/mol. The van der Waals surface area contributed by atoms with Gasteiger partial charge in [-0.05, 0) is 39.5 Å². The van der Waals surface area contributed by atoms with Crippen LogP contribution < -0.4 is 0 Å². The van der Waals surface area contributed by atoms with E-state index in [2.05, 4.69) is 184 Å². The van der Waals surface area contributed by atoms with Gasteiger partial charge in [-0.25, -0.2) is 0 Å². The summed E-state index contributed by atoms with van der Waals surface area (Å²) in [5, 5.41) is 8.34. The maximum absolute atomic E-state index is 13.1. The lowest BCUT2D eigenvalue weighted by molar-refractivity contribution is -0.141. The molecule has 0 saturated carbocycles. The third kappa shape index (κ3) is 9.18. The number of aryl methyl sites for hydroxylation is 1. The minimum Gasteiger partial charge on any atom is -0.469 e. The van der Waals surface area contributed by atoms with Crippen molar-refractivity contribution in [1.29, 1.82) is 0 Å². The molecular weight excluding hydrogens is 795 g/mol. The standard InChI is InChI=1S/C31H30N4O3.C24H23NO/c1-38-30(37)18-20-35-23-28(32-33-35)21-24-22-34(19-17-29(24)36)31(25-11-5-2-6-12-25,26-13-7-3-8-14-26)27-15-9-4-10-16-27;26-23-16-18-25(19-17-23)24(20-10-4-1-5-11-20,21-12-6-2-7-13-21)22-14-8-3-9-15-22/h2-16,21,23H,17-20,22H2,1H3;1-15H,16-19H2/b24-21+;. The van der Waals surface area contributed by atoms with Crippen molar-refractivity contribution in [2.75, 3.05) is 33.3 Å². The number of ether oxygens (including phenoxy) is 1. The van der Waals surface area contributed by atoms with Crippen molar-refractivity contribution < 1.29 is 19.1 Å². The topological polar surface area (TPSA) is 97.6 Å². The average Bonchev–Trinajstić information content (AvgIpc) is 3.82. The summed E-state index contributed by atoms with van der Waals surface area (Å²) in [6.45, 7) is 2.98. The van der Waals surface area contributed by atoms with E-state index in [0.29, 0.717) is 55.9 Å². The van der Waals surface area contributed by atoms with Gasteiger partial charge in [0.05, 0.1) is 37.4 Å². The minimum atomic E-state index is -0.596. The van der Waals surface area contributed by atoms with Crippen LogP contribution in [0.5, 0.6) is 0 Å². The van der Waals surface area contributed by atoms with Crippen LogP contribution in [-0.2, 0) is 36.7 Å². The highest BCUT2D eigenvalue weighted by molar-refractivity contribution is 6.00. The number of rotatable bonds is 12. The Morgan fingerprint density at radius 2 is 0.938 bits per heavy atom. The highest BCUT2D eigenvalue weighted by atomic mass is 16.5. The van der Waals surface area contributed by atoms with Crippen molar-refractivity contribution in [3.8, 4) is 0 Å². The number of hydrogen-bond acceptors (Lipinski definition) is 8. The molecule has 0 bridgehead atoms. The van der Waals surface area contributed by atoms with Crippen LogP contribution in [0, 0.1) is 0 Å². The molecule has 0 N–H and O–H groups in total. The second-order valence-corrected chi connectivity index (χ2v) is 16.1.